The van der Waals surface area contributed by atoms with Crippen LogP contribution < -0.4 is 5.32 Å². The van der Waals surface area contributed by atoms with Gasteiger partial charge in [-0.05, 0) is 70.8 Å². The molecule has 6 nitrogen and oxygen atoms in total. The van der Waals surface area contributed by atoms with E-state index in [4.69, 9.17) is 4.42 Å². The summed E-state index contributed by atoms with van der Waals surface area (Å²) in [5.41, 5.74) is -0.124. The first-order chi connectivity index (χ1) is 16.4. The molecule has 1 fully saturated rings. The highest BCUT2D eigenvalue weighted by Crippen LogP contribution is 2.34. The number of piperidine rings is 1. The number of alkyl halides is 3. The molecule has 10 heteroatoms. The molecule has 1 amide bonds. The van der Waals surface area contributed by atoms with Crippen LogP contribution in [0.4, 0.5) is 18.3 Å². The fourth-order valence-corrected chi connectivity index (χ4v) is 5.02. The van der Waals surface area contributed by atoms with Crippen LogP contribution in [0.25, 0.3) is 11.3 Å². The maximum Gasteiger partial charge on any atom is 0.416 e. The van der Waals surface area contributed by atoms with Crippen molar-refractivity contribution in [1.82, 2.24) is 9.88 Å². The Labute approximate surface area is 205 Å². The van der Waals surface area contributed by atoms with Crippen molar-refractivity contribution in [2.24, 2.45) is 5.92 Å². The van der Waals surface area contributed by atoms with Crippen LogP contribution in [0.3, 0.4) is 0 Å². The number of anilines is 1. The van der Waals surface area contributed by atoms with Crippen LogP contribution in [-0.4, -0.2) is 39.6 Å². The first-order valence-electron chi connectivity index (χ1n) is 11.4. The molecule has 0 spiro atoms. The Hall–Kier alpha value is -2.69. The lowest BCUT2D eigenvalue weighted by Crippen LogP contribution is -2.41. The Morgan fingerprint density at radius 1 is 1.26 bits per heavy atom. The van der Waals surface area contributed by atoms with E-state index in [0.29, 0.717) is 17.4 Å². The normalized spacial score (nSPS) is 16.0. The second kappa shape index (κ2) is 9.75. The van der Waals surface area contributed by atoms with Gasteiger partial charge in [0.25, 0.3) is 5.91 Å². The number of aryl methyl sites for hydroxylation is 1. The van der Waals surface area contributed by atoms with Crippen LogP contribution in [0.1, 0.15) is 54.1 Å². The SMILES string of the molecule is Cc1oc(-c2cccc(C(F)(F)F)c2)cc1C(=O)Nc1nc(CN2CCC(C(C)(C)O)CC2)cs1. The molecule has 0 atom stereocenters. The van der Waals surface area contributed by atoms with Gasteiger partial charge in [0.15, 0.2) is 5.13 Å². The molecule has 3 aromatic rings. The van der Waals surface area contributed by atoms with Crippen LogP contribution in [0.2, 0.25) is 0 Å². The van der Waals surface area contributed by atoms with Crippen molar-refractivity contribution in [2.75, 3.05) is 18.4 Å². The number of hydrogen-bond acceptors (Lipinski definition) is 6. The summed E-state index contributed by atoms with van der Waals surface area (Å²) < 4.78 is 44.7. The van der Waals surface area contributed by atoms with Gasteiger partial charge in [-0.1, -0.05) is 12.1 Å². The number of halogens is 3. The van der Waals surface area contributed by atoms with E-state index in [1.807, 2.05) is 19.2 Å². The van der Waals surface area contributed by atoms with Crippen LogP contribution in [-0.2, 0) is 12.7 Å². The number of benzene rings is 1. The first kappa shape index (κ1) is 25.4. The summed E-state index contributed by atoms with van der Waals surface area (Å²) in [4.78, 5) is 19.6. The summed E-state index contributed by atoms with van der Waals surface area (Å²) in [6.07, 6.45) is -2.62. The minimum Gasteiger partial charge on any atom is -0.461 e. The molecule has 0 radical (unpaired) electrons. The summed E-state index contributed by atoms with van der Waals surface area (Å²) in [6.45, 7) is 7.72. The van der Waals surface area contributed by atoms with E-state index in [9.17, 15) is 23.1 Å². The number of likely N-dealkylation sites (tertiary alicyclic amines) is 1. The summed E-state index contributed by atoms with van der Waals surface area (Å²) >= 11 is 1.31. The Balaban J connectivity index is 1.39. The third kappa shape index (κ3) is 6.12. The van der Waals surface area contributed by atoms with E-state index in [0.717, 1.165) is 43.8 Å². The van der Waals surface area contributed by atoms with Crippen molar-refractivity contribution < 1.29 is 27.5 Å². The quantitative estimate of drug-likeness (QED) is 0.430. The zero-order valence-electron chi connectivity index (χ0n) is 19.8. The molecule has 0 unspecified atom stereocenters. The van der Waals surface area contributed by atoms with Crippen LogP contribution in [0, 0.1) is 12.8 Å². The van der Waals surface area contributed by atoms with E-state index in [1.165, 1.54) is 29.5 Å². The molecule has 3 heterocycles. The summed E-state index contributed by atoms with van der Waals surface area (Å²) in [5, 5.41) is 15.3. The standard InChI is InChI=1S/C25H28F3N3O3S/c1-15-20(12-21(34-15)16-5-4-6-18(11-16)25(26,27)28)22(32)30-23-29-19(14-35-23)13-31-9-7-17(8-10-31)24(2,3)33/h4-6,11-12,14,17,33H,7-10,13H2,1-3H3,(H,29,30,32). The van der Waals surface area contributed by atoms with E-state index >= 15 is 0 Å². The molecule has 35 heavy (non-hydrogen) atoms. The Bertz CT molecular complexity index is 1190. The van der Waals surface area contributed by atoms with Crippen LogP contribution in [0.15, 0.2) is 40.1 Å². The van der Waals surface area contributed by atoms with E-state index < -0.39 is 23.2 Å². The van der Waals surface area contributed by atoms with Gasteiger partial charge in [0.2, 0.25) is 0 Å². The number of hydrogen-bond donors (Lipinski definition) is 2. The average molecular weight is 508 g/mol. The second-order valence-corrected chi connectivity index (χ2v) is 10.3. The maximum absolute atomic E-state index is 13.0. The Morgan fingerprint density at radius 2 is 1.97 bits per heavy atom. The maximum atomic E-state index is 13.0. The Morgan fingerprint density at radius 3 is 2.63 bits per heavy atom. The predicted octanol–water partition coefficient (Wildman–Crippen LogP) is 5.97. The lowest BCUT2D eigenvalue weighted by Gasteiger charge is -2.37. The Kier molecular flexibility index (Phi) is 7.08. The number of aliphatic hydroxyl groups is 1. The average Bonchev–Trinajstić information content (AvgIpc) is 3.39. The molecular formula is C25H28F3N3O3S. The number of nitrogens with zero attached hydrogens (tertiary/aromatic N) is 2. The number of thiazole rings is 1. The molecule has 2 N–H and O–H groups in total. The molecule has 1 aliphatic heterocycles. The molecular weight excluding hydrogens is 479 g/mol. The zero-order chi connectivity index (χ0) is 25.4. The monoisotopic (exact) mass is 507 g/mol. The van der Waals surface area contributed by atoms with Crippen LogP contribution in [0.5, 0.6) is 0 Å². The molecule has 1 aliphatic rings. The van der Waals surface area contributed by atoms with E-state index in [1.54, 1.807) is 6.92 Å². The summed E-state index contributed by atoms with van der Waals surface area (Å²) in [5.74, 6) is 0.342. The summed E-state index contributed by atoms with van der Waals surface area (Å²) in [7, 11) is 0. The third-order valence-corrected chi connectivity index (χ3v) is 7.19. The highest BCUT2D eigenvalue weighted by atomic mass is 32.1. The number of carbonyl (C=O) groups excluding carboxylic acids is 1. The topological polar surface area (TPSA) is 78.6 Å². The van der Waals surface area contributed by atoms with Gasteiger partial charge >= 0.3 is 6.18 Å². The number of furan rings is 1. The lowest BCUT2D eigenvalue weighted by atomic mass is 9.83. The van der Waals surface area contributed by atoms with Gasteiger partial charge in [0, 0.05) is 17.5 Å². The molecule has 2 aromatic heterocycles. The third-order valence-electron chi connectivity index (χ3n) is 6.38. The minimum absolute atomic E-state index is 0.188. The van der Waals surface area contributed by atoms with Gasteiger partial charge < -0.3 is 9.52 Å². The van der Waals surface area contributed by atoms with E-state index in [-0.39, 0.29) is 22.8 Å². The second-order valence-electron chi connectivity index (χ2n) is 9.46. The summed E-state index contributed by atoms with van der Waals surface area (Å²) in [6, 6.07) is 6.24. The molecule has 0 saturated carbocycles. The molecule has 1 aromatic carbocycles. The molecule has 1 saturated heterocycles. The highest BCUT2D eigenvalue weighted by molar-refractivity contribution is 7.14. The molecule has 4 rings (SSSR count). The number of carbonyl (C=O) groups is 1. The number of aromatic nitrogens is 1. The zero-order valence-corrected chi connectivity index (χ0v) is 20.6. The number of rotatable bonds is 6. The highest BCUT2D eigenvalue weighted by Gasteiger charge is 2.32. The van der Waals surface area contributed by atoms with Crippen LogP contribution >= 0.6 is 11.3 Å². The predicted molar refractivity (Wildman–Crippen MR) is 128 cm³/mol. The fourth-order valence-electron chi connectivity index (χ4n) is 4.33. The largest absolute Gasteiger partial charge is 0.461 e. The lowest BCUT2D eigenvalue weighted by molar-refractivity contribution is -0.137. The number of nitrogens with one attached hydrogen (secondary N) is 1. The van der Waals surface area contributed by atoms with Gasteiger partial charge in [-0.2, -0.15) is 13.2 Å². The minimum atomic E-state index is -4.47. The van der Waals surface area contributed by atoms with Crippen molar-refractivity contribution in [1.29, 1.82) is 0 Å². The molecule has 188 valence electrons. The van der Waals surface area contributed by atoms with Gasteiger partial charge in [-0.15, -0.1) is 11.3 Å². The van der Waals surface area contributed by atoms with Crippen molar-refractivity contribution in [3.8, 4) is 11.3 Å². The number of amides is 1. The van der Waals surface area contributed by atoms with Gasteiger partial charge in [0.1, 0.15) is 11.5 Å². The van der Waals surface area contributed by atoms with Crippen molar-refractivity contribution >= 4 is 22.4 Å². The van der Waals surface area contributed by atoms with Crippen molar-refractivity contribution in [3.63, 3.8) is 0 Å². The van der Waals surface area contributed by atoms with Gasteiger partial charge in [-0.3, -0.25) is 15.0 Å². The first-order valence-corrected chi connectivity index (χ1v) is 12.3. The van der Waals surface area contributed by atoms with Gasteiger partial charge in [-0.25, -0.2) is 4.98 Å². The van der Waals surface area contributed by atoms with Crippen molar-refractivity contribution in [3.05, 3.63) is 58.3 Å². The van der Waals surface area contributed by atoms with Gasteiger partial charge in [0.05, 0.1) is 22.4 Å². The molecule has 0 aliphatic carbocycles. The fraction of sp³-hybridized carbons (Fsp3) is 0.440. The van der Waals surface area contributed by atoms with E-state index in [2.05, 4.69) is 15.2 Å². The molecule has 0 bridgehead atoms. The van der Waals surface area contributed by atoms with Crippen molar-refractivity contribution in [2.45, 2.75) is 51.9 Å². The smallest absolute Gasteiger partial charge is 0.416 e.